The Morgan fingerprint density at radius 1 is 1.07 bits per heavy atom. The second-order valence-corrected chi connectivity index (χ2v) is 6.77. The highest BCUT2D eigenvalue weighted by atomic mass is 16.5. The summed E-state index contributed by atoms with van der Waals surface area (Å²) in [6.07, 6.45) is 2.89. The number of anilines is 1. The van der Waals surface area contributed by atoms with E-state index in [0.29, 0.717) is 44.0 Å². The van der Waals surface area contributed by atoms with Crippen molar-refractivity contribution in [2.75, 3.05) is 44.6 Å². The molecule has 1 unspecified atom stereocenters. The van der Waals surface area contributed by atoms with Gasteiger partial charge in [-0.25, -0.2) is 9.59 Å². The van der Waals surface area contributed by atoms with Crippen molar-refractivity contribution in [2.24, 2.45) is 0 Å². The Morgan fingerprint density at radius 3 is 2.41 bits per heavy atom. The minimum atomic E-state index is -0.193. The van der Waals surface area contributed by atoms with E-state index in [9.17, 15) is 9.59 Å². The van der Waals surface area contributed by atoms with Crippen LogP contribution in [-0.4, -0.2) is 67.3 Å². The van der Waals surface area contributed by atoms with Gasteiger partial charge in [-0.15, -0.1) is 0 Å². The first kappa shape index (κ1) is 19.0. The number of hydrogen-bond acceptors (Lipinski definition) is 4. The highest BCUT2D eigenvalue weighted by Gasteiger charge is 2.23. The molecule has 27 heavy (non-hydrogen) atoms. The van der Waals surface area contributed by atoms with Crippen LogP contribution in [0.25, 0.3) is 0 Å². The molecule has 0 bridgehead atoms. The maximum atomic E-state index is 12.5. The summed E-state index contributed by atoms with van der Waals surface area (Å²) in [5.41, 5.74) is 1.20. The smallest absolute Gasteiger partial charge is 0.321 e. The Balaban J connectivity index is 1.45. The van der Waals surface area contributed by atoms with E-state index >= 15 is 0 Å². The standard InChI is InChI=1S/C19H25N5O3/c20-13-15-4-6-16(7-5-15)22-19(26)24-9-2-8-23(10-11-24)18(25)21-14-17-3-1-12-27-17/h4-7,17H,1-3,8-12,14H2,(H,21,25)(H,22,26). The molecule has 0 saturated carbocycles. The van der Waals surface area contributed by atoms with Crippen LogP contribution >= 0.6 is 0 Å². The van der Waals surface area contributed by atoms with E-state index in [1.807, 2.05) is 6.07 Å². The zero-order chi connectivity index (χ0) is 19.1. The van der Waals surface area contributed by atoms with Crippen LogP contribution in [0.4, 0.5) is 15.3 Å². The van der Waals surface area contributed by atoms with Gasteiger partial charge in [0.15, 0.2) is 0 Å². The number of rotatable bonds is 3. The fraction of sp³-hybridized carbons (Fsp3) is 0.526. The number of benzene rings is 1. The van der Waals surface area contributed by atoms with Gasteiger partial charge in [-0.3, -0.25) is 0 Å². The molecule has 0 aromatic heterocycles. The molecule has 0 spiro atoms. The summed E-state index contributed by atoms with van der Waals surface area (Å²) in [7, 11) is 0. The van der Waals surface area contributed by atoms with E-state index in [-0.39, 0.29) is 18.2 Å². The number of urea groups is 2. The van der Waals surface area contributed by atoms with Crippen LogP contribution in [0.5, 0.6) is 0 Å². The lowest BCUT2D eigenvalue weighted by atomic mass is 10.2. The van der Waals surface area contributed by atoms with Crippen LogP contribution in [0.1, 0.15) is 24.8 Å². The second kappa shape index (κ2) is 9.24. The van der Waals surface area contributed by atoms with E-state index in [0.717, 1.165) is 25.9 Å². The molecule has 2 heterocycles. The van der Waals surface area contributed by atoms with Gasteiger partial charge in [-0.1, -0.05) is 0 Å². The van der Waals surface area contributed by atoms with Crippen molar-refractivity contribution < 1.29 is 14.3 Å². The molecule has 8 nitrogen and oxygen atoms in total. The van der Waals surface area contributed by atoms with Gasteiger partial charge in [0, 0.05) is 45.0 Å². The number of nitrogens with one attached hydrogen (secondary N) is 2. The molecule has 2 saturated heterocycles. The molecule has 1 aromatic carbocycles. The van der Waals surface area contributed by atoms with Crippen molar-refractivity contribution in [3.8, 4) is 6.07 Å². The van der Waals surface area contributed by atoms with Crippen molar-refractivity contribution in [3.05, 3.63) is 29.8 Å². The summed E-state index contributed by atoms with van der Waals surface area (Å²) in [6.45, 7) is 3.51. The van der Waals surface area contributed by atoms with Crippen LogP contribution in [-0.2, 0) is 4.74 Å². The Morgan fingerprint density at radius 2 is 1.78 bits per heavy atom. The van der Waals surface area contributed by atoms with Crippen molar-refractivity contribution >= 4 is 17.7 Å². The Bertz CT molecular complexity index is 694. The van der Waals surface area contributed by atoms with Crippen molar-refractivity contribution in [1.82, 2.24) is 15.1 Å². The molecule has 144 valence electrons. The zero-order valence-corrected chi connectivity index (χ0v) is 15.3. The average molecular weight is 371 g/mol. The highest BCUT2D eigenvalue weighted by Crippen LogP contribution is 2.12. The molecular formula is C19H25N5O3. The van der Waals surface area contributed by atoms with Gasteiger partial charge in [-0.2, -0.15) is 5.26 Å². The highest BCUT2D eigenvalue weighted by molar-refractivity contribution is 5.89. The lowest BCUT2D eigenvalue weighted by Gasteiger charge is -2.23. The SMILES string of the molecule is N#Cc1ccc(NC(=O)N2CCCN(C(=O)NCC3CCCO3)CC2)cc1. The number of carbonyl (C=O) groups excluding carboxylic acids is 2. The van der Waals surface area contributed by atoms with Crippen LogP contribution in [0.2, 0.25) is 0 Å². The molecule has 0 radical (unpaired) electrons. The summed E-state index contributed by atoms with van der Waals surface area (Å²) in [6, 6.07) is 8.50. The maximum Gasteiger partial charge on any atom is 0.321 e. The van der Waals surface area contributed by atoms with E-state index in [1.165, 1.54) is 0 Å². The Kier molecular flexibility index (Phi) is 6.49. The predicted molar refractivity (Wildman–Crippen MR) is 100 cm³/mol. The van der Waals surface area contributed by atoms with Gasteiger partial charge in [0.05, 0.1) is 17.7 Å². The molecule has 0 aliphatic carbocycles. The number of amides is 4. The first-order valence-corrected chi connectivity index (χ1v) is 9.36. The lowest BCUT2D eigenvalue weighted by molar-refractivity contribution is 0.109. The normalized spacial score (nSPS) is 19.9. The number of nitriles is 1. The fourth-order valence-electron chi connectivity index (χ4n) is 3.27. The second-order valence-electron chi connectivity index (χ2n) is 6.77. The van der Waals surface area contributed by atoms with Crippen LogP contribution in [0.3, 0.4) is 0 Å². The number of hydrogen-bond donors (Lipinski definition) is 2. The summed E-state index contributed by atoms with van der Waals surface area (Å²) >= 11 is 0. The number of carbonyl (C=O) groups is 2. The molecule has 1 aromatic rings. The first-order valence-electron chi connectivity index (χ1n) is 9.36. The number of nitrogens with zero attached hydrogens (tertiary/aromatic N) is 3. The minimum Gasteiger partial charge on any atom is -0.376 e. The van der Waals surface area contributed by atoms with Crippen LogP contribution in [0, 0.1) is 11.3 Å². The van der Waals surface area contributed by atoms with E-state index < -0.39 is 0 Å². The monoisotopic (exact) mass is 371 g/mol. The number of ether oxygens (including phenoxy) is 1. The largest absolute Gasteiger partial charge is 0.376 e. The third-order valence-corrected chi connectivity index (χ3v) is 4.84. The molecular weight excluding hydrogens is 346 g/mol. The van der Waals surface area contributed by atoms with Gasteiger partial charge in [-0.05, 0) is 43.5 Å². The van der Waals surface area contributed by atoms with Crippen molar-refractivity contribution in [2.45, 2.75) is 25.4 Å². The van der Waals surface area contributed by atoms with Gasteiger partial charge < -0.3 is 25.2 Å². The van der Waals surface area contributed by atoms with Gasteiger partial charge >= 0.3 is 12.1 Å². The van der Waals surface area contributed by atoms with Crippen LogP contribution < -0.4 is 10.6 Å². The lowest BCUT2D eigenvalue weighted by Crippen LogP contribution is -2.45. The molecule has 4 amide bonds. The third-order valence-electron chi connectivity index (χ3n) is 4.84. The molecule has 2 N–H and O–H groups in total. The summed E-state index contributed by atoms with van der Waals surface area (Å²) in [4.78, 5) is 28.3. The quantitative estimate of drug-likeness (QED) is 0.849. The molecule has 8 heteroatoms. The Hall–Kier alpha value is -2.79. The van der Waals surface area contributed by atoms with Gasteiger partial charge in [0.25, 0.3) is 0 Å². The molecule has 1 atom stereocenters. The maximum absolute atomic E-state index is 12.5. The Labute approximate surface area is 159 Å². The van der Waals surface area contributed by atoms with E-state index in [1.54, 1.807) is 34.1 Å². The molecule has 2 fully saturated rings. The summed E-state index contributed by atoms with van der Waals surface area (Å²) in [5, 5.41) is 14.6. The summed E-state index contributed by atoms with van der Waals surface area (Å²) < 4.78 is 5.52. The van der Waals surface area contributed by atoms with Crippen molar-refractivity contribution in [1.29, 1.82) is 5.26 Å². The van der Waals surface area contributed by atoms with Crippen LogP contribution in [0.15, 0.2) is 24.3 Å². The van der Waals surface area contributed by atoms with Gasteiger partial charge in [0.2, 0.25) is 0 Å². The third kappa shape index (κ3) is 5.34. The van der Waals surface area contributed by atoms with E-state index in [2.05, 4.69) is 10.6 Å². The van der Waals surface area contributed by atoms with Gasteiger partial charge in [0.1, 0.15) is 0 Å². The topological polar surface area (TPSA) is 97.7 Å². The summed E-state index contributed by atoms with van der Waals surface area (Å²) in [5.74, 6) is 0. The predicted octanol–water partition coefficient (Wildman–Crippen LogP) is 1.99. The fourth-order valence-corrected chi connectivity index (χ4v) is 3.27. The molecule has 2 aliphatic heterocycles. The van der Waals surface area contributed by atoms with Crippen molar-refractivity contribution in [3.63, 3.8) is 0 Å². The minimum absolute atomic E-state index is 0.0974. The molecule has 3 rings (SSSR count). The first-order chi connectivity index (χ1) is 13.2. The zero-order valence-electron chi connectivity index (χ0n) is 15.3. The average Bonchev–Trinajstić information content (AvgIpc) is 3.09. The van der Waals surface area contributed by atoms with E-state index in [4.69, 9.17) is 10.00 Å². The molecule has 2 aliphatic rings.